The second kappa shape index (κ2) is 20.1. The summed E-state index contributed by atoms with van der Waals surface area (Å²) in [4.78, 5) is 31.1. The SMILES string of the molecule is O=C(O)CCCNc1nc(Nc2cc(S(=O)(=O)[O-])cc3cc(SOO[O-])c(N=Nc4cc(S(=O)(=O)[O-])cc5cccc(O)c45)c(O)c23)[nH]c(=O)n1.[Na+].[Na+].[Na+]. The molecule has 0 atom stereocenters. The van der Waals surface area contributed by atoms with Gasteiger partial charge in [0.1, 0.15) is 31.7 Å². The smallest absolute Gasteiger partial charge is 0.744 e. The van der Waals surface area contributed by atoms with E-state index >= 15 is 0 Å². The molecule has 27 heteroatoms. The number of carbonyl (C=O) groups is 1. The Bertz CT molecular complexity index is 2510. The first-order valence-corrected chi connectivity index (χ1v) is 17.4. The minimum absolute atomic E-state index is 0. The van der Waals surface area contributed by atoms with E-state index in [0.717, 1.165) is 30.3 Å². The molecule has 5 aromatic rings. The molecule has 5 rings (SSSR count). The van der Waals surface area contributed by atoms with E-state index < -0.39 is 53.1 Å². The molecule has 21 nitrogen and oxygen atoms in total. The predicted octanol–water partition coefficient (Wildman–Crippen LogP) is -6.63. The number of aliphatic carboxylic acids is 1. The van der Waals surface area contributed by atoms with Gasteiger partial charge >= 0.3 is 100 Å². The monoisotopic (exact) mass is 831 g/mol. The molecule has 4 aromatic carbocycles. The molecule has 0 amide bonds. The van der Waals surface area contributed by atoms with Crippen LogP contribution in [0.4, 0.5) is 29.0 Å². The standard InChI is InChI=1S/C27H23N7O14S3.3Na/c35-18-4-1-3-12-7-14(50(41,42)43)11-17(21(12)18)33-34-23-19(49-48-47-40)9-13-8-15(51(44,45)46)10-16(22(13)24(23)38)29-26-30-25(31-27(39)32-26)28-6-2-5-20(36)37;;;/h1,3-4,7-11,35,38,40H,2,5-6H2,(H,36,37)(H,41,42,43)(H,44,45,46)(H3,28,29,30,31,32,39);;;/q;3*+1/p-3. The van der Waals surface area contributed by atoms with Crippen LogP contribution in [0.2, 0.25) is 0 Å². The van der Waals surface area contributed by atoms with Crippen LogP contribution in [0.25, 0.3) is 21.5 Å². The summed E-state index contributed by atoms with van der Waals surface area (Å²) in [6.07, 6.45) is -0.0587. The zero-order valence-electron chi connectivity index (χ0n) is 28.1. The van der Waals surface area contributed by atoms with E-state index in [1.165, 1.54) is 18.2 Å². The number of nitrogens with one attached hydrogen (secondary N) is 3. The van der Waals surface area contributed by atoms with Crippen molar-refractivity contribution in [2.24, 2.45) is 10.2 Å². The molecule has 0 radical (unpaired) electrons. The van der Waals surface area contributed by atoms with Crippen LogP contribution in [0.5, 0.6) is 11.5 Å². The number of carboxylic acid groups (broad SMARTS) is 1. The molecule has 0 saturated carbocycles. The molecule has 0 bridgehead atoms. The number of aromatic amines is 1. The maximum Gasteiger partial charge on any atom is 1.00 e. The summed E-state index contributed by atoms with van der Waals surface area (Å²) in [6.45, 7) is 0.0451. The Balaban J connectivity index is 0.00000336. The number of aromatic hydroxyl groups is 2. The fourth-order valence-corrected chi connectivity index (χ4v) is 6.24. The van der Waals surface area contributed by atoms with Gasteiger partial charge < -0.3 is 40.3 Å². The van der Waals surface area contributed by atoms with E-state index in [1.807, 2.05) is 0 Å². The Morgan fingerprint density at radius 2 is 1.59 bits per heavy atom. The van der Waals surface area contributed by atoms with Crippen LogP contribution in [-0.4, -0.2) is 68.7 Å². The first-order chi connectivity index (χ1) is 24.0. The average Bonchev–Trinajstić information content (AvgIpc) is 3.03. The van der Waals surface area contributed by atoms with Gasteiger partial charge in [0.05, 0.1) is 43.5 Å². The van der Waals surface area contributed by atoms with Gasteiger partial charge in [-0.25, -0.2) is 21.6 Å². The molecule has 54 heavy (non-hydrogen) atoms. The number of carboxylic acids is 1. The Hall–Kier alpha value is -2.47. The Morgan fingerprint density at radius 3 is 2.24 bits per heavy atom. The first kappa shape index (κ1) is 47.7. The molecule has 0 fully saturated rings. The number of fused-ring (bicyclic) bond motifs is 2. The fraction of sp³-hybridized carbons (Fsp3) is 0.111. The van der Waals surface area contributed by atoms with E-state index in [2.05, 4.69) is 45.2 Å². The number of phenolic OH excluding ortho intramolecular Hbond substituents is 2. The molecule has 0 saturated heterocycles. The van der Waals surface area contributed by atoms with E-state index in [1.54, 1.807) is 0 Å². The van der Waals surface area contributed by atoms with E-state index in [-0.39, 0.29) is 176 Å². The second-order valence-electron chi connectivity index (χ2n) is 10.2. The summed E-state index contributed by atoms with van der Waals surface area (Å²) < 4.78 is 76.2. The van der Waals surface area contributed by atoms with Crippen LogP contribution >= 0.6 is 12.0 Å². The molecule has 0 aliphatic rings. The van der Waals surface area contributed by atoms with Crippen molar-refractivity contribution in [3.05, 3.63) is 59.0 Å². The van der Waals surface area contributed by atoms with Crippen molar-refractivity contribution in [1.82, 2.24) is 15.0 Å². The average molecular weight is 832 g/mol. The number of hydrogen-bond acceptors (Lipinski definition) is 20. The molecule has 0 unspecified atom stereocenters. The molecule has 0 aliphatic heterocycles. The minimum Gasteiger partial charge on any atom is -0.744 e. The quantitative estimate of drug-likeness (QED) is 0.0115. The maximum absolute atomic E-state index is 12.3. The van der Waals surface area contributed by atoms with Gasteiger partial charge in [-0.15, -0.1) is 10.2 Å². The number of azo groups is 1. The van der Waals surface area contributed by atoms with Gasteiger partial charge in [0.2, 0.25) is 11.9 Å². The van der Waals surface area contributed by atoms with Crippen LogP contribution < -0.4 is 110 Å². The zero-order chi connectivity index (χ0) is 37.1. The largest absolute Gasteiger partial charge is 1.00 e. The molecule has 268 valence electrons. The summed E-state index contributed by atoms with van der Waals surface area (Å²) in [5, 5.41) is 57.6. The molecule has 1 heterocycles. The van der Waals surface area contributed by atoms with Crippen LogP contribution in [0.15, 0.2) is 78.2 Å². The van der Waals surface area contributed by atoms with Crippen LogP contribution in [0.3, 0.4) is 0 Å². The second-order valence-corrected chi connectivity index (χ2v) is 13.7. The Morgan fingerprint density at radius 1 is 0.926 bits per heavy atom. The third kappa shape index (κ3) is 11.8. The predicted molar refractivity (Wildman–Crippen MR) is 171 cm³/mol. The van der Waals surface area contributed by atoms with Crippen molar-refractivity contribution in [1.29, 1.82) is 0 Å². The topological polar surface area (TPSA) is 341 Å². The number of phenols is 2. The number of hydrogen-bond donors (Lipinski definition) is 6. The fourth-order valence-electron chi connectivity index (χ4n) is 4.69. The molecule has 6 N–H and O–H groups in total. The first-order valence-electron chi connectivity index (χ1n) is 13.8. The van der Waals surface area contributed by atoms with Gasteiger partial charge in [0, 0.05) is 18.4 Å². The van der Waals surface area contributed by atoms with Gasteiger partial charge in [-0.3, -0.25) is 14.8 Å². The van der Waals surface area contributed by atoms with Crippen LogP contribution in [0, 0.1) is 0 Å². The third-order valence-corrected chi connectivity index (χ3v) is 9.01. The minimum atomic E-state index is -5.18. The van der Waals surface area contributed by atoms with Crippen molar-refractivity contribution in [3.63, 3.8) is 0 Å². The number of anilines is 3. The van der Waals surface area contributed by atoms with E-state index in [4.69, 9.17) is 5.11 Å². The summed E-state index contributed by atoms with van der Waals surface area (Å²) in [6, 6.07) is 8.56. The summed E-state index contributed by atoms with van der Waals surface area (Å²) in [7, 11) is -10.2. The van der Waals surface area contributed by atoms with Gasteiger partial charge in [0.25, 0.3) is 0 Å². The van der Waals surface area contributed by atoms with Gasteiger partial charge in [-0.1, -0.05) is 12.1 Å². The number of H-pyrrole nitrogens is 1. The summed E-state index contributed by atoms with van der Waals surface area (Å²) in [5.41, 5.74) is -2.21. The van der Waals surface area contributed by atoms with Crippen LogP contribution in [-0.2, 0) is 34.4 Å². The van der Waals surface area contributed by atoms with Crippen molar-refractivity contribution in [2.75, 3.05) is 17.2 Å². The Labute approximate surface area is 374 Å². The van der Waals surface area contributed by atoms with E-state index in [0.29, 0.717) is 0 Å². The van der Waals surface area contributed by atoms with Gasteiger partial charge in [-0.2, -0.15) is 14.3 Å². The van der Waals surface area contributed by atoms with Crippen molar-refractivity contribution in [2.45, 2.75) is 27.5 Å². The van der Waals surface area contributed by atoms with Crippen molar-refractivity contribution in [3.8, 4) is 11.5 Å². The summed E-state index contributed by atoms with van der Waals surface area (Å²) >= 11 is 0.159. The third-order valence-electron chi connectivity index (χ3n) is 6.77. The molecule has 1 aromatic heterocycles. The van der Waals surface area contributed by atoms with Crippen molar-refractivity contribution >= 4 is 88.8 Å². The Kier molecular flexibility index (Phi) is 17.7. The van der Waals surface area contributed by atoms with E-state index in [9.17, 15) is 51.0 Å². The molecular formula is C27H20N7Na3O14S3. The molecule has 0 aliphatic carbocycles. The number of aromatic nitrogens is 3. The maximum atomic E-state index is 12.3. The summed E-state index contributed by atoms with van der Waals surface area (Å²) in [5.74, 6) is -2.93. The number of nitrogens with zero attached hydrogens (tertiary/aromatic N) is 4. The van der Waals surface area contributed by atoms with Gasteiger partial charge in [-0.05, 0) is 53.6 Å². The number of benzene rings is 4. The van der Waals surface area contributed by atoms with Crippen molar-refractivity contribution < 1.29 is 149 Å². The molecule has 0 spiro atoms. The van der Waals surface area contributed by atoms with Crippen LogP contribution in [0.1, 0.15) is 12.8 Å². The normalized spacial score (nSPS) is 11.5. The van der Waals surface area contributed by atoms with Gasteiger partial charge in [0.15, 0.2) is 5.75 Å². The number of rotatable bonds is 14. The zero-order valence-corrected chi connectivity index (χ0v) is 36.5. The molecular weight excluding hydrogens is 812 g/mol.